The van der Waals surface area contributed by atoms with E-state index in [1.807, 2.05) is 0 Å². The molecule has 4 aliphatic carbocycles. The van der Waals surface area contributed by atoms with Crippen molar-refractivity contribution in [3.63, 3.8) is 0 Å². The Morgan fingerprint density at radius 2 is 1.12 bits per heavy atom. The quantitative estimate of drug-likeness (QED) is 0.170. The van der Waals surface area contributed by atoms with Gasteiger partial charge in [0.2, 0.25) is 0 Å². The fraction of sp³-hybridized carbons (Fsp3) is 0.404. The molecule has 11 rings (SSSR count). The minimum absolute atomic E-state index is 0.0171. The van der Waals surface area contributed by atoms with Crippen LogP contribution in [-0.2, 0) is 16.2 Å². The molecule has 0 N–H and O–H groups in total. The monoisotopic (exact) mass is 774 g/mol. The maximum absolute atomic E-state index is 2.68. The Kier molecular flexibility index (Phi) is 6.88. The van der Waals surface area contributed by atoms with Gasteiger partial charge >= 0.3 is 0 Å². The van der Waals surface area contributed by atoms with E-state index >= 15 is 0 Å². The summed E-state index contributed by atoms with van der Waals surface area (Å²) in [4.78, 5) is 2.68. The van der Waals surface area contributed by atoms with Crippen LogP contribution in [-0.4, -0.2) is 4.57 Å². The van der Waals surface area contributed by atoms with E-state index in [4.69, 9.17) is 0 Å². The molecule has 5 aromatic carbocycles. The van der Waals surface area contributed by atoms with Gasteiger partial charge in [-0.3, -0.25) is 0 Å². The molecule has 0 bridgehead atoms. The maximum Gasteiger partial charge on any atom is 0.0561 e. The molecule has 0 amide bonds. The molecule has 2 heterocycles. The van der Waals surface area contributed by atoms with Crippen molar-refractivity contribution < 1.29 is 0 Å². The van der Waals surface area contributed by atoms with Gasteiger partial charge in [-0.1, -0.05) is 151 Å². The normalized spacial score (nSPS) is 23.8. The Hall–Kier alpha value is -4.82. The smallest absolute Gasteiger partial charge is 0.0561 e. The highest BCUT2D eigenvalue weighted by molar-refractivity contribution is 6.11. The van der Waals surface area contributed by atoms with Crippen LogP contribution in [0.4, 0.5) is 11.4 Å². The van der Waals surface area contributed by atoms with Crippen molar-refractivity contribution in [1.29, 1.82) is 0 Å². The SMILES string of the molecule is CC1(C)c2ccccc2-c2cc3c(cc21)N(c1ccc2c4cc5c(cc4n(-c4ccccc4)c2c1)C(C)(C)C(C)(C)C5(C)C)C1=CC2=C(CC13)C(C)(C)C(C)(C)C2(C)C. The Bertz CT molecular complexity index is 2930. The summed E-state index contributed by atoms with van der Waals surface area (Å²) in [5.41, 5.74) is 21.4. The second-order valence-electron chi connectivity index (χ2n) is 22.7. The third kappa shape index (κ3) is 4.15. The van der Waals surface area contributed by atoms with Gasteiger partial charge in [-0.15, -0.1) is 0 Å². The number of benzene rings is 5. The summed E-state index contributed by atoms with van der Waals surface area (Å²) in [5, 5.41) is 2.66. The van der Waals surface area contributed by atoms with Gasteiger partial charge in [0.15, 0.2) is 0 Å². The first-order valence-electron chi connectivity index (χ1n) is 22.3. The molecule has 1 atom stereocenters. The maximum atomic E-state index is 2.68. The topological polar surface area (TPSA) is 8.17 Å². The first-order chi connectivity index (χ1) is 27.6. The molecular weight excluding hydrogens is 713 g/mol. The lowest BCUT2D eigenvalue weighted by atomic mass is 9.58. The largest absolute Gasteiger partial charge is 0.313 e. The van der Waals surface area contributed by atoms with Crippen LogP contribution in [0.15, 0.2) is 120 Å². The molecule has 59 heavy (non-hydrogen) atoms. The lowest BCUT2D eigenvalue weighted by molar-refractivity contribution is 0.0620. The van der Waals surface area contributed by atoms with Crippen LogP contribution >= 0.6 is 0 Å². The van der Waals surface area contributed by atoms with Crippen molar-refractivity contribution in [3.8, 4) is 16.8 Å². The van der Waals surface area contributed by atoms with Gasteiger partial charge < -0.3 is 9.47 Å². The van der Waals surface area contributed by atoms with Gasteiger partial charge in [0.1, 0.15) is 0 Å². The number of aromatic nitrogens is 1. The van der Waals surface area contributed by atoms with Gasteiger partial charge in [-0.05, 0) is 138 Å². The van der Waals surface area contributed by atoms with Gasteiger partial charge in [-0.25, -0.2) is 0 Å². The number of para-hydroxylation sites is 1. The van der Waals surface area contributed by atoms with Crippen molar-refractivity contribution in [2.75, 3.05) is 4.90 Å². The highest BCUT2D eigenvalue weighted by Crippen LogP contribution is 2.70. The fourth-order valence-corrected chi connectivity index (χ4v) is 13.1. The Labute approximate surface area is 353 Å². The van der Waals surface area contributed by atoms with Gasteiger partial charge in [0, 0.05) is 39.2 Å². The Morgan fingerprint density at radius 3 is 1.83 bits per heavy atom. The number of rotatable bonds is 2. The van der Waals surface area contributed by atoms with E-state index in [0.717, 1.165) is 6.42 Å². The number of anilines is 2. The van der Waals surface area contributed by atoms with Crippen molar-refractivity contribution in [3.05, 3.63) is 148 Å². The van der Waals surface area contributed by atoms with Crippen LogP contribution in [0.3, 0.4) is 0 Å². The summed E-state index contributed by atoms with van der Waals surface area (Å²) in [6.07, 6.45) is 3.71. The Morgan fingerprint density at radius 1 is 0.492 bits per heavy atom. The first kappa shape index (κ1) is 37.2. The predicted octanol–water partition coefficient (Wildman–Crippen LogP) is 15.6. The molecule has 0 spiro atoms. The van der Waals surface area contributed by atoms with E-state index in [0.29, 0.717) is 5.92 Å². The molecule has 0 fully saturated rings. The van der Waals surface area contributed by atoms with E-state index in [1.165, 1.54) is 83.5 Å². The van der Waals surface area contributed by atoms with Crippen molar-refractivity contribution in [1.82, 2.24) is 4.57 Å². The zero-order valence-corrected chi connectivity index (χ0v) is 38.0. The molecule has 0 saturated carbocycles. The molecule has 0 radical (unpaired) electrons. The van der Waals surface area contributed by atoms with E-state index < -0.39 is 0 Å². The number of fused-ring (bicyclic) bond motifs is 10. The van der Waals surface area contributed by atoms with E-state index in [1.54, 1.807) is 11.1 Å². The van der Waals surface area contributed by atoms with Gasteiger partial charge in [0.05, 0.1) is 16.7 Å². The number of nitrogens with zero attached hydrogens (tertiary/aromatic N) is 2. The van der Waals surface area contributed by atoms with E-state index in [2.05, 4.69) is 210 Å². The highest BCUT2D eigenvalue weighted by atomic mass is 15.2. The second-order valence-corrected chi connectivity index (χ2v) is 22.7. The lowest BCUT2D eigenvalue weighted by Crippen LogP contribution is -2.42. The van der Waals surface area contributed by atoms with Crippen molar-refractivity contribution in [2.24, 2.45) is 21.7 Å². The van der Waals surface area contributed by atoms with E-state index in [9.17, 15) is 0 Å². The highest BCUT2D eigenvalue weighted by Gasteiger charge is 2.60. The second kappa shape index (κ2) is 10.9. The average Bonchev–Trinajstić information content (AvgIpc) is 3.82. The molecule has 6 aromatic rings. The van der Waals surface area contributed by atoms with Gasteiger partial charge in [0.25, 0.3) is 0 Å². The van der Waals surface area contributed by atoms with Crippen LogP contribution < -0.4 is 4.90 Å². The Balaban J connectivity index is 1.19. The molecule has 1 unspecified atom stereocenters. The number of hydrogen-bond acceptors (Lipinski definition) is 1. The molecule has 1 aromatic heterocycles. The third-order valence-electron chi connectivity index (χ3n) is 19.2. The molecule has 0 saturated heterocycles. The summed E-state index contributed by atoms with van der Waals surface area (Å²) < 4.78 is 2.56. The zero-order chi connectivity index (χ0) is 41.8. The summed E-state index contributed by atoms with van der Waals surface area (Å²) in [6.45, 7) is 34.7. The number of hydrogen-bond donors (Lipinski definition) is 0. The predicted molar refractivity (Wildman–Crippen MR) is 251 cm³/mol. The molecular formula is C57H62N2. The minimum Gasteiger partial charge on any atom is -0.313 e. The lowest BCUT2D eigenvalue weighted by Gasteiger charge is -2.46. The van der Waals surface area contributed by atoms with Crippen LogP contribution in [0.1, 0.15) is 137 Å². The summed E-state index contributed by atoms with van der Waals surface area (Å²) in [7, 11) is 0. The molecule has 2 nitrogen and oxygen atoms in total. The van der Waals surface area contributed by atoms with Crippen LogP contribution in [0.2, 0.25) is 0 Å². The molecule has 300 valence electrons. The first-order valence-corrected chi connectivity index (χ1v) is 22.3. The number of allylic oxidation sites excluding steroid dienone is 4. The summed E-state index contributed by atoms with van der Waals surface area (Å²) >= 11 is 0. The molecule has 2 heteroatoms. The molecule has 1 aliphatic heterocycles. The summed E-state index contributed by atoms with van der Waals surface area (Å²) in [6, 6.07) is 37.9. The minimum atomic E-state index is -0.0804. The average molecular weight is 775 g/mol. The van der Waals surface area contributed by atoms with Crippen molar-refractivity contribution in [2.45, 2.75) is 126 Å². The van der Waals surface area contributed by atoms with Crippen molar-refractivity contribution >= 4 is 33.2 Å². The van der Waals surface area contributed by atoms with Crippen LogP contribution in [0.5, 0.6) is 0 Å². The van der Waals surface area contributed by atoms with E-state index in [-0.39, 0.29) is 37.9 Å². The summed E-state index contributed by atoms with van der Waals surface area (Å²) in [5.74, 6) is 0.292. The van der Waals surface area contributed by atoms with Gasteiger partial charge in [-0.2, -0.15) is 0 Å². The zero-order valence-electron chi connectivity index (χ0n) is 38.0. The standard InChI is InChI=1S/C57H62N2/c1-51(2)41-23-19-18-22-35(41)37-27-38-40-29-44-46(55(9,10)57(13,14)53(44,5)6)32-50(40)59(48(38)30-42(37)51)34-24-25-36-39-28-43-45(54(7,8)56(11,12)52(43,3)4)31-49(39)58(47(36)26-34)33-20-16-15-17-21-33/h15-28,30-32,40H,29H2,1-14H3. The third-order valence-corrected chi connectivity index (χ3v) is 19.2. The van der Waals surface area contributed by atoms with Crippen LogP contribution in [0.25, 0.3) is 38.6 Å². The molecule has 5 aliphatic rings. The fourth-order valence-electron chi connectivity index (χ4n) is 13.1. The van der Waals surface area contributed by atoms with Crippen LogP contribution in [0, 0.1) is 21.7 Å².